The topological polar surface area (TPSA) is 97.0 Å². The summed E-state index contributed by atoms with van der Waals surface area (Å²) in [6, 6.07) is 11.8. The Kier molecular flexibility index (Phi) is 5.07. The Bertz CT molecular complexity index is 1020. The summed E-state index contributed by atoms with van der Waals surface area (Å²) in [5.74, 6) is 0.188. The predicted octanol–water partition coefficient (Wildman–Crippen LogP) is 2.56. The van der Waals surface area contributed by atoms with E-state index in [0.717, 1.165) is 16.9 Å². The number of rotatable bonds is 4. The molecule has 8 nitrogen and oxygen atoms in total. The molecule has 0 aliphatic carbocycles. The summed E-state index contributed by atoms with van der Waals surface area (Å²) in [7, 11) is 0. The van der Waals surface area contributed by atoms with Crippen LogP contribution in [0.1, 0.15) is 24.5 Å². The zero-order chi connectivity index (χ0) is 21.3. The van der Waals surface area contributed by atoms with Gasteiger partial charge in [0.25, 0.3) is 5.91 Å². The van der Waals surface area contributed by atoms with Gasteiger partial charge in [-0.3, -0.25) is 14.5 Å². The molecule has 8 heteroatoms. The highest BCUT2D eigenvalue weighted by Crippen LogP contribution is 2.36. The SMILES string of the molecule is Cc1ccccc1NC(=O)CN1C(=O)NC(C)(c2ccc3c(c2)OCCCO3)C1=O. The van der Waals surface area contributed by atoms with Gasteiger partial charge in [0.05, 0.1) is 13.2 Å². The van der Waals surface area contributed by atoms with E-state index in [2.05, 4.69) is 10.6 Å². The number of amides is 4. The normalized spacial score (nSPS) is 20.5. The van der Waals surface area contributed by atoms with Crippen LogP contribution in [0.3, 0.4) is 0 Å². The summed E-state index contributed by atoms with van der Waals surface area (Å²) < 4.78 is 11.3. The second-order valence-electron chi connectivity index (χ2n) is 7.52. The number of carbonyl (C=O) groups is 3. The highest BCUT2D eigenvalue weighted by atomic mass is 16.5. The molecule has 1 fully saturated rings. The fourth-order valence-electron chi connectivity index (χ4n) is 3.56. The standard InChI is InChI=1S/C22H23N3O5/c1-14-6-3-4-7-16(14)23-19(26)13-25-20(27)22(2,24-21(25)28)15-8-9-17-18(12-15)30-11-5-10-29-17/h3-4,6-9,12H,5,10-11,13H2,1-2H3,(H,23,26)(H,24,28). The van der Waals surface area contributed by atoms with E-state index in [9.17, 15) is 14.4 Å². The number of imide groups is 1. The number of ether oxygens (including phenoxy) is 2. The summed E-state index contributed by atoms with van der Waals surface area (Å²) in [4.78, 5) is 39.0. The van der Waals surface area contributed by atoms with Crippen LogP contribution in [-0.2, 0) is 15.1 Å². The zero-order valence-electron chi connectivity index (χ0n) is 16.9. The molecule has 2 aliphatic heterocycles. The van der Waals surface area contributed by atoms with Gasteiger partial charge in [0.1, 0.15) is 12.1 Å². The molecule has 2 aliphatic rings. The lowest BCUT2D eigenvalue weighted by Gasteiger charge is -2.23. The van der Waals surface area contributed by atoms with Crippen LogP contribution in [0.25, 0.3) is 0 Å². The van der Waals surface area contributed by atoms with Crippen molar-refractivity contribution in [3.63, 3.8) is 0 Å². The number of carbonyl (C=O) groups excluding carboxylic acids is 3. The summed E-state index contributed by atoms with van der Waals surface area (Å²) in [5, 5.41) is 5.45. The van der Waals surface area contributed by atoms with Crippen molar-refractivity contribution in [3.05, 3.63) is 53.6 Å². The molecule has 2 N–H and O–H groups in total. The van der Waals surface area contributed by atoms with E-state index in [0.29, 0.717) is 36.0 Å². The van der Waals surface area contributed by atoms with Crippen molar-refractivity contribution in [2.24, 2.45) is 0 Å². The van der Waals surface area contributed by atoms with Crippen molar-refractivity contribution in [1.29, 1.82) is 0 Å². The van der Waals surface area contributed by atoms with Gasteiger partial charge in [-0.25, -0.2) is 4.79 Å². The first-order valence-electron chi connectivity index (χ1n) is 9.78. The lowest BCUT2D eigenvalue weighted by Crippen LogP contribution is -2.42. The van der Waals surface area contributed by atoms with Gasteiger partial charge in [0.15, 0.2) is 11.5 Å². The van der Waals surface area contributed by atoms with E-state index >= 15 is 0 Å². The third-order valence-corrected chi connectivity index (χ3v) is 5.32. The first-order valence-corrected chi connectivity index (χ1v) is 9.78. The Morgan fingerprint density at radius 1 is 1.13 bits per heavy atom. The first kappa shape index (κ1) is 19.8. The Hall–Kier alpha value is -3.55. The molecule has 0 aromatic heterocycles. The quantitative estimate of drug-likeness (QED) is 0.757. The Balaban J connectivity index is 1.52. The lowest BCUT2D eigenvalue weighted by molar-refractivity contribution is -0.133. The number of nitrogens with zero attached hydrogens (tertiary/aromatic N) is 1. The minimum absolute atomic E-state index is 0.376. The molecular formula is C22H23N3O5. The molecule has 30 heavy (non-hydrogen) atoms. The van der Waals surface area contributed by atoms with Crippen LogP contribution in [0, 0.1) is 6.92 Å². The van der Waals surface area contributed by atoms with Gasteiger partial charge in [-0.2, -0.15) is 0 Å². The first-order chi connectivity index (χ1) is 14.4. The molecule has 0 spiro atoms. The number of hydrogen-bond acceptors (Lipinski definition) is 5. The zero-order valence-corrected chi connectivity index (χ0v) is 16.9. The van der Waals surface area contributed by atoms with Crippen molar-refractivity contribution < 1.29 is 23.9 Å². The maximum Gasteiger partial charge on any atom is 0.325 e. The maximum atomic E-state index is 13.1. The fourth-order valence-corrected chi connectivity index (χ4v) is 3.56. The van der Waals surface area contributed by atoms with Crippen LogP contribution in [0.2, 0.25) is 0 Å². The molecule has 2 aromatic rings. The van der Waals surface area contributed by atoms with Crippen LogP contribution < -0.4 is 20.1 Å². The van der Waals surface area contributed by atoms with Crippen molar-refractivity contribution in [3.8, 4) is 11.5 Å². The summed E-state index contributed by atoms with van der Waals surface area (Å²) in [6.45, 7) is 4.18. The van der Waals surface area contributed by atoms with Gasteiger partial charge in [-0.05, 0) is 43.2 Å². The highest BCUT2D eigenvalue weighted by Gasteiger charge is 2.49. The number of benzene rings is 2. The summed E-state index contributed by atoms with van der Waals surface area (Å²) >= 11 is 0. The minimum atomic E-state index is -1.30. The largest absolute Gasteiger partial charge is 0.490 e. The van der Waals surface area contributed by atoms with Gasteiger partial charge < -0.3 is 20.1 Å². The molecule has 2 heterocycles. The van der Waals surface area contributed by atoms with Gasteiger partial charge >= 0.3 is 6.03 Å². The van der Waals surface area contributed by atoms with Gasteiger partial charge in [-0.15, -0.1) is 0 Å². The Labute approximate surface area is 174 Å². The average molecular weight is 409 g/mol. The van der Waals surface area contributed by atoms with E-state index in [1.165, 1.54) is 0 Å². The van der Waals surface area contributed by atoms with Crippen molar-refractivity contribution in [1.82, 2.24) is 10.2 Å². The second-order valence-corrected chi connectivity index (χ2v) is 7.52. The molecule has 0 saturated carbocycles. The molecule has 4 amide bonds. The summed E-state index contributed by atoms with van der Waals surface area (Å²) in [6.07, 6.45) is 0.765. The molecule has 1 atom stereocenters. The minimum Gasteiger partial charge on any atom is -0.490 e. The Morgan fingerprint density at radius 3 is 2.63 bits per heavy atom. The molecule has 1 saturated heterocycles. The molecule has 1 unspecified atom stereocenters. The third kappa shape index (κ3) is 3.56. The lowest BCUT2D eigenvalue weighted by atomic mass is 9.91. The van der Waals surface area contributed by atoms with Crippen LogP contribution in [0.4, 0.5) is 10.5 Å². The molecule has 0 bridgehead atoms. The van der Waals surface area contributed by atoms with Gasteiger partial charge in [0, 0.05) is 12.1 Å². The second kappa shape index (κ2) is 7.70. The number of para-hydroxylation sites is 1. The number of anilines is 1. The van der Waals surface area contributed by atoms with Crippen LogP contribution >= 0.6 is 0 Å². The van der Waals surface area contributed by atoms with Crippen LogP contribution in [0.15, 0.2) is 42.5 Å². The van der Waals surface area contributed by atoms with E-state index in [1.807, 2.05) is 19.1 Å². The molecule has 4 rings (SSSR count). The summed E-state index contributed by atoms with van der Waals surface area (Å²) in [5.41, 5.74) is 0.789. The average Bonchev–Trinajstić information content (AvgIpc) is 2.89. The number of hydrogen-bond donors (Lipinski definition) is 2. The highest BCUT2D eigenvalue weighted by molar-refractivity contribution is 6.10. The van der Waals surface area contributed by atoms with Crippen LogP contribution in [0.5, 0.6) is 11.5 Å². The van der Waals surface area contributed by atoms with E-state index in [1.54, 1.807) is 37.3 Å². The number of urea groups is 1. The van der Waals surface area contributed by atoms with Gasteiger partial charge in [-0.1, -0.05) is 24.3 Å². The van der Waals surface area contributed by atoms with E-state index < -0.39 is 23.4 Å². The maximum absolute atomic E-state index is 13.1. The van der Waals surface area contributed by atoms with Crippen molar-refractivity contribution >= 4 is 23.5 Å². The van der Waals surface area contributed by atoms with Gasteiger partial charge in [0.2, 0.25) is 5.91 Å². The van der Waals surface area contributed by atoms with Crippen molar-refractivity contribution in [2.75, 3.05) is 25.1 Å². The number of fused-ring (bicyclic) bond motifs is 1. The number of aryl methyl sites for hydroxylation is 1. The van der Waals surface area contributed by atoms with E-state index in [-0.39, 0.29) is 6.54 Å². The number of nitrogens with one attached hydrogen (secondary N) is 2. The molecular weight excluding hydrogens is 386 g/mol. The van der Waals surface area contributed by atoms with E-state index in [4.69, 9.17) is 9.47 Å². The monoisotopic (exact) mass is 409 g/mol. The predicted molar refractivity (Wildman–Crippen MR) is 109 cm³/mol. The fraction of sp³-hybridized carbons (Fsp3) is 0.318. The van der Waals surface area contributed by atoms with Crippen molar-refractivity contribution in [2.45, 2.75) is 25.8 Å². The molecule has 2 aromatic carbocycles. The smallest absolute Gasteiger partial charge is 0.325 e. The molecule has 156 valence electrons. The van der Waals surface area contributed by atoms with Crippen LogP contribution in [-0.4, -0.2) is 42.5 Å². The third-order valence-electron chi connectivity index (χ3n) is 5.32. The Morgan fingerprint density at radius 2 is 1.87 bits per heavy atom. The molecule has 0 radical (unpaired) electrons.